The van der Waals surface area contributed by atoms with Crippen LogP contribution in [0.5, 0.6) is 0 Å². The zero-order chi connectivity index (χ0) is 15.3. The maximum Gasteiger partial charge on any atom is 0.0615 e. The predicted molar refractivity (Wildman–Crippen MR) is 85.5 cm³/mol. The van der Waals surface area contributed by atoms with E-state index in [-0.39, 0.29) is 5.54 Å². The molecule has 0 aromatic carbocycles. The van der Waals surface area contributed by atoms with Gasteiger partial charge in [0.15, 0.2) is 0 Å². The third kappa shape index (κ3) is 3.77. The number of fused-ring (bicyclic) bond motifs is 1. The monoisotopic (exact) mass is 299 g/mol. The molecule has 0 saturated carbocycles. The predicted octanol–water partition coefficient (Wildman–Crippen LogP) is 0.925. The second kappa shape index (κ2) is 7.88. The first kappa shape index (κ1) is 17.2. The van der Waals surface area contributed by atoms with E-state index in [0.717, 1.165) is 38.8 Å². The molecule has 3 atom stereocenters. The normalized spacial score (nSPS) is 31.6. The number of methoxy groups -OCH3 is 2. The summed E-state index contributed by atoms with van der Waals surface area (Å²) in [5.41, 5.74) is 6.40. The molecule has 2 fully saturated rings. The zero-order valence-corrected chi connectivity index (χ0v) is 14.0. The maximum atomic E-state index is 6.29. The fraction of sp³-hybridized carbons (Fsp3) is 1.00. The van der Waals surface area contributed by atoms with Crippen molar-refractivity contribution in [2.75, 3.05) is 53.6 Å². The first-order valence-electron chi connectivity index (χ1n) is 8.35. The van der Waals surface area contributed by atoms with E-state index in [0.29, 0.717) is 6.04 Å². The number of piperidine rings is 1. The van der Waals surface area contributed by atoms with Gasteiger partial charge in [-0.3, -0.25) is 4.90 Å². The van der Waals surface area contributed by atoms with Gasteiger partial charge in [-0.15, -0.1) is 0 Å². The Morgan fingerprint density at radius 3 is 2.81 bits per heavy atom. The van der Waals surface area contributed by atoms with E-state index < -0.39 is 0 Å². The van der Waals surface area contributed by atoms with Gasteiger partial charge in [0.2, 0.25) is 0 Å². The third-order valence-electron chi connectivity index (χ3n) is 5.44. The third-order valence-corrected chi connectivity index (χ3v) is 5.44. The molecule has 0 amide bonds. The van der Waals surface area contributed by atoms with Crippen LogP contribution in [0.15, 0.2) is 0 Å². The zero-order valence-electron chi connectivity index (χ0n) is 14.0. The summed E-state index contributed by atoms with van der Waals surface area (Å²) >= 11 is 0. The molecule has 2 saturated heterocycles. The summed E-state index contributed by atoms with van der Waals surface area (Å²) in [7, 11) is 3.55. The second-order valence-electron chi connectivity index (χ2n) is 6.71. The number of hydrogen-bond acceptors (Lipinski definition) is 5. The van der Waals surface area contributed by atoms with Crippen molar-refractivity contribution in [2.24, 2.45) is 5.73 Å². The van der Waals surface area contributed by atoms with Crippen LogP contribution in [0.25, 0.3) is 0 Å². The lowest BCUT2D eigenvalue weighted by Gasteiger charge is -2.52. The molecule has 124 valence electrons. The van der Waals surface area contributed by atoms with Gasteiger partial charge < -0.3 is 20.1 Å². The van der Waals surface area contributed by atoms with E-state index in [9.17, 15) is 0 Å². The molecule has 5 nitrogen and oxygen atoms in total. The summed E-state index contributed by atoms with van der Waals surface area (Å²) in [6.45, 7) is 7.88. The highest BCUT2D eigenvalue weighted by molar-refractivity contribution is 5.03. The van der Waals surface area contributed by atoms with Gasteiger partial charge in [0.1, 0.15) is 0 Å². The molecular weight excluding hydrogens is 266 g/mol. The standard InChI is InChI=1S/C16H33N3O2/c1-14(12-21-3)19(9-10-20-2)16(13-17)6-8-18-7-4-5-15(18)11-16/h14-15H,4-13,17H2,1-3H3. The highest BCUT2D eigenvalue weighted by atomic mass is 16.5. The quantitative estimate of drug-likeness (QED) is 0.722. The highest BCUT2D eigenvalue weighted by Gasteiger charge is 2.45. The van der Waals surface area contributed by atoms with Crippen LogP contribution >= 0.6 is 0 Å². The van der Waals surface area contributed by atoms with Crippen molar-refractivity contribution >= 4 is 0 Å². The van der Waals surface area contributed by atoms with Gasteiger partial charge in [-0.05, 0) is 39.2 Å². The van der Waals surface area contributed by atoms with Crippen molar-refractivity contribution in [1.82, 2.24) is 9.80 Å². The Bertz CT molecular complexity index is 316. The molecule has 0 bridgehead atoms. The van der Waals surface area contributed by atoms with Gasteiger partial charge in [0, 0.05) is 51.5 Å². The van der Waals surface area contributed by atoms with Crippen molar-refractivity contribution in [3.05, 3.63) is 0 Å². The van der Waals surface area contributed by atoms with Crippen LogP contribution in [0.4, 0.5) is 0 Å². The molecule has 0 aromatic rings. The van der Waals surface area contributed by atoms with Gasteiger partial charge in [-0.2, -0.15) is 0 Å². The molecule has 0 aromatic heterocycles. The summed E-state index contributed by atoms with van der Waals surface area (Å²) in [4.78, 5) is 5.22. The summed E-state index contributed by atoms with van der Waals surface area (Å²) in [6, 6.07) is 1.10. The minimum absolute atomic E-state index is 0.113. The van der Waals surface area contributed by atoms with E-state index >= 15 is 0 Å². The van der Waals surface area contributed by atoms with Crippen molar-refractivity contribution in [3.8, 4) is 0 Å². The van der Waals surface area contributed by atoms with Crippen LogP contribution in [0.2, 0.25) is 0 Å². The van der Waals surface area contributed by atoms with E-state index in [1.54, 1.807) is 14.2 Å². The highest BCUT2D eigenvalue weighted by Crippen LogP contribution is 2.37. The molecule has 0 spiro atoms. The molecule has 0 radical (unpaired) electrons. The van der Waals surface area contributed by atoms with E-state index in [1.807, 2.05) is 0 Å². The summed E-state index contributed by atoms with van der Waals surface area (Å²) in [5, 5.41) is 0. The van der Waals surface area contributed by atoms with Gasteiger partial charge in [-0.25, -0.2) is 0 Å². The van der Waals surface area contributed by atoms with Gasteiger partial charge in [0.25, 0.3) is 0 Å². The Morgan fingerprint density at radius 2 is 2.14 bits per heavy atom. The van der Waals surface area contributed by atoms with Crippen LogP contribution in [-0.2, 0) is 9.47 Å². The molecule has 2 aliphatic heterocycles. The molecule has 2 heterocycles. The lowest BCUT2D eigenvalue weighted by atomic mass is 9.80. The summed E-state index contributed by atoms with van der Waals surface area (Å²) in [6.07, 6.45) is 5.04. The second-order valence-corrected chi connectivity index (χ2v) is 6.71. The van der Waals surface area contributed by atoms with E-state index in [1.165, 1.54) is 32.4 Å². The van der Waals surface area contributed by atoms with Crippen molar-refractivity contribution in [1.29, 1.82) is 0 Å². The van der Waals surface area contributed by atoms with Crippen LogP contribution in [0.1, 0.15) is 32.6 Å². The van der Waals surface area contributed by atoms with Crippen LogP contribution in [0, 0.1) is 0 Å². The Kier molecular flexibility index (Phi) is 6.44. The molecule has 3 unspecified atom stereocenters. The lowest BCUT2D eigenvalue weighted by Crippen LogP contribution is -2.64. The topological polar surface area (TPSA) is 51.0 Å². The molecule has 21 heavy (non-hydrogen) atoms. The van der Waals surface area contributed by atoms with Crippen molar-refractivity contribution in [2.45, 2.75) is 50.2 Å². The van der Waals surface area contributed by atoms with E-state index in [2.05, 4.69) is 16.7 Å². The lowest BCUT2D eigenvalue weighted by molar-refractivity contribution is -0.0415. The molecular formula is C16H33N3O2. The first-order valence-corrected chi connectivity index (χ1v) is 8.35. The van der Waals surface area contributed by atoms with Gasteiger partial charge in [0.05, 0.1) is 13.2 Å². The van der Waals surface area contributed by atoms with E-state index in [4.69, 9.17) is 15.2 Å². The number of hydrogen-bond donors (Lipinski definition) is 1. The molecule has 2 aliphatic rings. The molecule has 2 N–H and O–H groups in total. The summed E-state index contributed by atoms with van der Waals surface area (Å²) in [5.74, 6) is 0. The summed E-state index contributed by atoms with van der Waals surface area (Å²) < 4.78 is 10.7. The van der Waals surface area contributed by atoms with Crippen molar-refractivity contribution < 1.29 is 9.47 Å². The molecule has 2 rings (SSSR count). The fourth-order valence-electron chi connectivity index (χ4n) is 4.32. The number of rotatable bonds is 8. The minimum Gasteiger partial charge on any atom is -0.383 e. The SMILES string of the molecule is COCCN(C(C)COC)C1(CN)CCN2CCCC2C1. The maximum absolute atomic E-state index is 6.29. The molecule has 0 aliphatic carbocycles. The fourth-order valence-corrected chi connectivity index (χ4v) is 4.32. The Hall–Kier alpha value is -0.200. The van der Waals surface area contributed by atoms with Crippen LogP contribution in [-0.4, -0.2) is 81.0 Å². The number of nitrogens with two attached hydrogens (primary N) is 1. The first-order chi connectivity index (χ1) is 10.2. The van der Waals surface area contributed by atoms with Crippen LogP contribution in [0.3, 0.4) is 0 Å². The average molecular weight is 299 g/mol. The van der Waals surface area contributed by atoms with Gasteiger partial charge >= 0.3 is 0 Å². The Balaban J connectivity index is 2.12. The average Bonchev–Trinajstić information content (AvgIpc) is 2.95. The van der Waals surface area contributed by atoms with Gasteiger partial charge in [-0.1, -0.05) is 0 Å². The smallest absolute Gasteiger partial charge is 0.0615 e. The largest absolute Gasteiger partial charge is 0.383 e. The molecule has 5 heteroatoms. The minimum atomic E-state index is 0.113. The Morgan fingerprint density at radius 1 is 1.33 bits per heavy atom. The Labute approximate surface area is 129 Å². The number of ether oxygens (including phenoxy) is 2. The number of nitrogens with zero attached hydrogens (tertiary/aromatic N) is 2. The van der Waals surface area contributed by atoms with Crippen LogP contribution < -0.4 is 5.73 Å². The van der Waals surface area contributed by atoms with Crippen molar-refractivity contribution in [3.63, 3.8) is 0 Å².